The van der Waals surface area contributed by atoms with Gasteiger partial charge in [-0.15, -0.1) is 0 Å². The Labute approximate surface area is 120 Å². The zero-order valence-electron chi connectivity index (χ0n) is 8.84. The van der Waals surface area contributed by atoms with Crippen molar-refractivity contribution in [3.8, 4) is 5.75 Å². The molecule has 0 saturated heterocycles. The van der Waals surface area contributed by atoms with E-state index in [1.54, 1.807) is 6.07 Å². The molecule has 0 amide bonds. The first-order valence-electron chi connectivity index (χ1n) is 4.57. The Morgan fingerprint density at radius 2 is 2.24 bits per heavy atom. The van der Waals surface area contributed by atoms with Crippen LogP contribution in [0.2, 0.25) is 5.02 Å². The van der Waals surface area contributed by atoms with Crippen LogP contribution in [0.15, 0.2) is 15.0 Å². The molecule has 0 heterocycles. The minimum absolute atomic E-state index is 0.0300. The van der Waals surface area contributed by atoms with Crippen molar-refractivity contribution in [3.05, 3.63) is 25.6 Å². The highest BCUT2D eigenvalue weighted by Crippen LogP contribution is 2.40. The highest BCUT2D eigenvalue weighted by molar-refractivity contribution is 9.11. The Bertz CT molecular complexity index is 454. The highest BCUT2D eigenvalue weighted by atomic mass is 79.9. The fourth-order valence-electron chi connectivity index (χ4n) is 1.26. The number of nitrogens with two attached hydrogens (primary N) is 1. The van der Waals surface area contributed by atoms with Crippen LogP contribution in [-0.4, -0.2) is 24.2 Å². The molecule has 0 aliphatic carbocycles. The largest absolute Gasteiger partial charge is 0.506 e. The van der Waals surface area contributed by atoms with Gasteiger partial charge in [0.2, 0.25) is 0 Å². The molecule has 1 atom stereocenters. The number of phenols is 1. The summed E-state index contributed by atoms with van der Waals surface area (Å²) in [6, 6.07) is 0.788. The normalized spacial score (nSPS) is 12.3. The number of methoxy groups -OCH3 is 1. The molecule has 0 radical (unpaired) electrons. The number of ether oxygens (including phenoxy) is 1. The lowest BCUT2D eigenvalue weighted by atomic mass is 10.1. The summed E-state index contributed by atoms with van der Waals surface area (Å²) in [6.45, 7) is 0. The SMILES string of the molecule is COC(=O)C(N)Cc1cc(Br)c(Cl)c(Br)c1O. The number of carbonyl (C=O) groups is 1. The zero-order chi connectivity index (χ0) is 13.2. The fourth-order valence-corrected chi connectivity index (χ4v) is 2.61. The summed E-state index contributed by atoms with van der Waals surface area (Å²) < 4.78 is 5.48. The van der Waals surface area contributed by atoms with Crippen LogP contribution < -0.4 is 5.73 Å². The topological polar surface area (TPSA) is 72.5 Å². The van der Waals surface area contributed by atoms with E-state index in [9.17, 15) is 9.90 Å². The van der Waals surface area contributed by atoms with E-state index in [0.717, 1.165) is 0 Å². The third kappa shape index (κ3) is 3.34. The highest BCUT2D eigenvalue weighted by Gasteiger charge is 2.19. The molecule has 7 heteroatoms. The third-order valence-electron chi connectivity index (χ3n) is 2.16. The minimum Gasteiger partial charge on any atom is -0.506 e. The summed E-state index contributed by atoms with van der Waals surface area (Å²) >= 11 is 12.3. The van der Waals surface area contributed by atoms with Crippen molar-refractivity contribution in [1.82, 2.24) is 0 Å². The monoisotopic (exact) mass is 385 g/mol. The van der Waals surface area contributed by atoms with Gasteiger partial charge in [0.05, 0.1) is 16.6 Å². The van der Waals surface area contributed by atoms with Crippen molar-refractivity contribution in [2.75, 3.05) is 7.11 Å². The summed E-state index contributed by atoms with van der Waals surface area (Å²) in [5.41, 5.74) is 6.12. The van der Waals surface area contributed by atoms with E-state index >= 15 is 0 Å². The Morgan fingerprint density at radius 1 is 1.65 bits per heavy atom. The number of esters is 1. The van der Waals surface area contributed by atoms with Crippen LogP contribution >= 0.6 is 43.5 Å². The zero-order valence-corrected chi connectivity index (χ0v) is 12.8. The van der Waals surface area contributed by atoms with Gasteiger partial charge < -0.3 is 15.6 Å². The smallest absolute Gasteiger partial charge is 0.322 e. The average Bonchev–Trinajstić information content (AvgIpc) is 2.32. The van der Waals surface area contributed by atoms with E-state index in [-0.39, 0.29) is 12.2 Å². The number of halogens is 3. The number of aromatic hydroxyl groups is 1. The maximum atomic E-state index is 11.2. The molecule has 0 bridgehead atoms. The molecule has 0 aliphatic rings. The summed E-state index contributed by atoms with van der Waals surface area (Å²) in [5.74, 6) is -0.566. The summed E-state index contributed by atoms with van der Waals surface area (Å²) in [5, 5.41) is 10.2. The van der Waals surface area contributed by atoms with E-state index in [4.69, 9.17) is 17.3 Å². The van der Waals surface area contributed by atoms with Gasteiger partial charge in [0.15, 0.2) is 0 Å². The number of carbonyl (C=O) groups excluding carboxylic acids is 1. The van der Waals surface area contributed by atoms with Gasteiger partial charge in [0.1, 0.15) is 11.8 Å². The number of hydrogen-bond acceptors (Lipinski definition) is 4. The molecule has 94 valence electrons. The van der Waals surface area contributed by atoms with Gasteiger partial charge in [-0.1, -0.05) is 11.6 Å². The van der Waals surface area contributed by atoms with Crippen LogP contribution in [0.5, 0.6) is 5.75 Å². The predicted octanol–water partition coefficient (Wildman–Crippen LogP) is 2.61. The number of hydrogen-bond donors (Lipinski definition) is 2. The molecule has 0 aromatic heterocycles. The quantitative estimate of drug-likeness (QED) is 0.618. The second kappa shape index (κ2) is 6.04. The standard InChI is InChI=1S/C10H10Br2ClNO3/c1-17-10(16)6(14)3-4-2-5(11)8(13)7(12)9(4)15/h2,6,15H,3,14H2,1H3. The van der Waals surface area contributed by atoms with E-state index < -0.39 is 12.0 Å². The molecule has 1 rings (SSSR count). The average molecular weight is 387 g/mol. The molecule has 4 nitrogen and oxygen atoms in total. The first-order chi connectivity index (χ1) is 7.88. The lowest BCUT2D eigenvalue weighted by Crippen LogP contribution is -2.33. The maximum Gasteiger partial charge on any atom is 0.322 e. The van der Waals surface area contributed by atoms with Crippen molar-refractivity contribution >= 4 is 49.4 Å². The van der Waals surface area contributed by atoms with Gasteiger partial charge >= 0.3 is 5.97 Å². The Hall–Kier alpha value is -0.300. The van der Waals surface area contributed by atoms with Crippen molar-refractivity contribution in [2.24, 2.45) is 5.73 Å². The summed E-state index contributed by atoms with van der Waals surface area (Å²) in [6.07, 6.45) is 0.160. The van der Waals surface area contributed by atoms with Crippen LogP contribution in [-0.2, 0) is 16.0 Å². The van der Waals surface area contributed by atoms with Gasteiger partial charge in [-0.05, 0) is 43.5 Å². The van der Waals surface area contributed by atoms with Crippen LogP contribution in [0.1, 0.15) is 5.56 Å². The van der Waals surface area contributed by atoms with E-state index in [1.807, 2.05) is 0 Å². The first-order valence-corrected chi connectivity index (χ1v) is 6.53. The van der Waals surface area contributed by atoms with Crippen molar-refractivity contribution in [3.63, 3.8) is 0 Å². The number of rotatable bonds is 3. The first kappa shape index (κ1) is 14.8. The van der Waals surface area contributed by atoms with Crippen molar-refractivity contribution in [1.29, 1.82) is 0 Å². The molecule has 3 N–H and O–H groups in total. The predicted molar refractivity (Wildman–Crippen MR) is 72.2 cm³/mol. The number of phenolic OH excluding ortho intramolecular Hbond substituents is 1. The van der Waals surface area contributed by atoms with Crippen LogP contribution in [0, 0.1) is 0 Å². The van der Waals surface area contributed by atoms with Crippen LogP contribution in [0.4, 0.5) is 0 Å². The van der Waals surface area contributed by atoms with Gasteiger partial charge in [-0.2, -0.15) is 0 Å². The molecule has 0 aliphatic heterocycles. The molecular weight excluding hydrogens is 377 g/mol. The molecular formula is C10H10Br2ClNO3. The maximum absolute atomic E-state index is 11.2. The van der Waals surface area contributed by atoms with Crippen molar-refractivity contribution < 1.29 is 14.6 Å². The summed E-state index contributed by atoms with van der Waals surface area (Å²) in [4.78, 5) is 11.2. The second-order valence-corrected chi connectivity index (χ2v) is 5.35. The fraction of sp³-hybridized carbons (Fsp3) is 0.300. The molecule has 17 heavy (non-hydrogen) atoms. The van der Waals surface area contributed by atoms with Gasteiger partial charge in [-0.3, -0.25) is 4.79 Å². The Morgan fingerprint density at radius 3 is 2.76 bits per heavy atom. The van der Waals surface area contributed by atoms with Gasteiger partial charge in [0.25, 0.3) is 0 Å². The molecule has 0 spiro atoms. The van der Waals surface area contributed by atoms with Crippen LogP contribution in [0.25, 0.3) is 0 Å². The van der Waals surface area contributed by atoms with Crippen molar-refractivity contribution in [2.45, 2.75) is 12.5 Å². The lowest BCUT2D eigenvalue weighted by Gasteiger charge is -2.13. The van der Waals surface area contributed by atoms with Gasteiger partial charge in [0, 0.05) is 10.9 Å². The molecule has 1 aromatic rings. The Kier molecular flexibility index (Phi) is 5.24. The van der Waals surface area contributed by atoms with E-state index in [2.05, 4.69) is 36.6 Å². The molecule has 1 unspecified atom stereocenters. The molecule has 1 aromatic carbocycles. The van der Waals surface area contributed by atoms with Crippen LogP contribution in [0.3, 0.4) is 0 Å². The summed E-state index contributed by atoms with van der Waals surface area (Å²) in [7, 11) is 1.26. The molecule has 0 saturated carbocycles. The minimum atomic E-state index is -0.828. The van der Waals surface area contributed by atoms with E-state index in [0.29, 0.717) is 19.5 Å². The lowest BCUT2D eigenvalue weighted by molar-refractivity contribution is -0.142. The number of benzene rings is 1. The Balaban J connectivity index is 3.04. The molecule has 0 fully saturated rings. The third-order valence-corrected chi connectivity index (χ3v) is 4.41. The second-order valence-electron chi connectivity index (χ2n) is 3.33. The van der Waals surface area contributed by atoms with E-state index in [1.165, 1.54) is 7.11 Å². The van der Waals surface area contributed by atoms with Gasteiger partial charge in [-0.25, -0.2) is 0 Å².